The molecule has 0 spiro atoms. The van der Waals surface area contributed by atoms with Gasteiger partial charge in [0.1, 0.15) is 0 Å². The van der Waals surface area contributed by atoms with Crippen LogP contribution in [0.15, 0.2) is 48.8 Å². The van der Waals surface area contributed by atoms with Gasteiger partial charge in [0.2, 0.25) is 11.9 Å². The first-order valence-corrected chi connectivity index (χ1v) is 12.7. The summed E-state index contributed by atoms with van der Waals surface area (Å²) >= 11 is 0. The molecular formula is C27H24F6N6O. The minimum absolute atomic E-state index is 0.0767. The number of carbonyl (C=O) groups excluding carboxylic acids is 1. The fourth-order valence-corrected chi connectivity index (χ4v) is 5.89. The van der Waals surface area contributed by atoms with E-state index in [-0.39, 0.29) is 17.1 Å². The van der Waals surface area contributed by atoms with Crippen LogP contribution >= 0.6 is 0 Å². The third-order valence-corrected chi connectivity index (χ3v) is 7.99. The van der Waals surface area contributed by atoms with Gasteiger partial charge in [-0.25, -0.2) is 14.2 Å². The van der Waals surface area contributed by atoms with E-state index >= 15 is 0 Å². The Balaban J connectivity index is 1.41. The quantitative estimate of drug-likeness (QED) is 0.280. The Labute approximate surface area is 224 Å². The van der Waals surface area contributed by atoms with E-state index in [1.807, 2.05) is 0 Å². The molecule has 1 fully saturated rings. The topological polar surface area (TPSA) is 68.3 Å². The number of alkyl halides is 5. The molecule has 0 aliphatic heterocycles. The van der Waals surface area contributed by atoms with Crippen LogP contribution < -0.4 is 0 Å². The highest BCUT2D eigenvalue weighted by Gasteiger charge is 2.49. The number of amides is 1. The van der Waals surface area contributed by atoms with Crippen molar-refractivity contribution in [1.29, 1.82) is 0 Å². The van der Waals surface area contributed by atoms with E-state index < -0.39 is 42.0 Å². The Morgan fingerprint density at radius 3 is 2.42 bits per heavy atom. The summed E-state index contributed by atoms with van der Waals surface area (Å²) in [5, 5.41) is 8.01. The highest BCUT2D eigenvalue weighted by Crippen LogP contribution is 2.52. The largest absolute Gasteiger partial charge is 0.413 e. The van der Waals surface area contributed by atoms with Gasteiger partial charge in [-0.2, -0.15) is 31.4 Å². The Kier molecular flexibility index (Phi) is 5.97. The van der Waals surface area contributed by atoms with Gasteiger partial charge in [0.05, 0.1) is 16.8 Å². The summed E-state index contributed by atoms with van der Waals surface area (Å²) in [5.74, 6) is -2.09. The van der Waals surface area contributed by atoms with Crippen molar-refractivity contribution < 1.29 is 31.1 Å². The second kappa shape index (κ2) is 9.07. The summed E-state index contributed by atoms with van der Waals surface area (Å²) in [6, 6.07) is 6.35. The van der Waals surface area contributed by atoms with Crippen molar-refractivity contribution in [2.75, 3.05) is 7.05 Å². The predicted octanol–water partition coefficient (Wildman–Crippen LogP) is 5.77. The monoisotopic (exact) mass is 562 g/mol. The van der Waals surface area contributed by atoms with Crippen molar-refractivity contribution in [3.8, 4) is 0 Å². The zero-order valence-electron chi connectivity index (χ0n) is 21.4. The molecule has 0 bridgehead atoms. The van der Waals surface area contributed by atoms with Crippen molar-refractivity contribution in [1.82, 2.24) is 29.3 Å². The van der Waals surface area contributed by atoms with E-state index in [9.17, 15) is 31.1 Å². The lowest BCUT2D eigenvalue weighted by molar-refractivity contribution is -0.189. The van der Waals surface area contributed by atoms with Crippen LogP contribution in [0.4, 0.5) is 26.3 Å². The van der Waals surface area contributed by atoms with Gasteiger partial charge >= 0.3 is 12.7 Å². The number of hydrogen-bond acceptors (Lipinski definition) is 4. The molecule has 1 amide bonds. The van der Waals surface area contributed by atoms with Gasteiger partial charge in [0, 0.05) is 42.9 Å². The number of fused-ring (bicyclic) bond motifs is 3. The molecule has 3 atom stereocenters. The predicted molar refractivity (Wildman–Crippen MR) is 130 cm³/mol. The first-order chi connectivity index (χ1) is 18.9. The minimum Gasteiger partial charge on any atom is -0.330 e. The van der Waals surface area contributed by atoms with Crippen LogP contribution in [0.3, 0.4) is 0 Å². The summed E-state index contributed by atoms with van der Waals surface area (Å²) in [6.45, 7) is -1.07. The molecule has 1 saturated carbocycles. The van der Waals surface area contributed by atoms with Gasteiger partial charge in [-0.1, -0.05) is 24.3 Å². The summed E-state index contributed by atoms with van der Waals surface area (Å²) in [6.07, 6.45) is -0.491. The first-order valence-electron chi connectivity index (χ1n) is 12.7. The van der Waals surface area contributed by atoms with Crippen LogP contribution in [0.1, 0.15) is 72.8 Å². The van der Waals surface area contributed by atoms with Crippen LogP contribution in [-0.2, 0) is 10.2 Å². The summed E-state index contributed by atoms with van der Waals surface area (Å²) in [4.78, 5) is 17.5. The van der Waals surface area contributed by atoms with Crippen LogP contribution in [0.5, 0.6) is 0 Å². The average molecular weight is 563 g/mol. The lowest BCUT2D eigenvalue weighted by Crippen LogP contribution is -2.40. The lowest BCUT2D eigenvalue weighted by Gasteiger charge is -2.30. The molecule has 7 nitrogen and oxygen atoms in total. The van der Waals surface area contributed by atoms with E-state index in [1.165, 1.54) is 29.8 Å². The van der Waals surface area contributed by atoms with E-state index in [1.54, 1.807) is 25.3 Å². The van der Waals surface area contributed by atoms with Crippen LogP contribution in [-0.4, -0.2) is 48.4 Å². The molecule has 0 saturated heterocycles. The zero-order valence-corrected chi connectivity index (χ0v) is 21.4. The molecule has 3 heterocycles. The highest BCUT2D eigenvalue weighted by molar-refractivity contribution is 5.81. The molecule has 0 unspecified atom stereocenters. The maximum atomic E-state index is 14.2. The normalized spacial score (nSPS) is 21.7. The van der Waals surface area contributed by atoms with Crippen molar-refractivity contribution in [2.45, 2.75) is 56.3 Å². The van der Waals surface area contributed by atoms with Gasteiger partial charge < -0.3 is 4.90 Å². The third-order valence-electron chi connectivity index (χ3n) is 7.99. The molecule has 2 aliphatic carbocycles. The van der Waals surface area contributed by atoms with E-state index in [0.29, 0.717) is 46.5 Å². The number of hydrogen-bond donors (Lipinski definition) is 0. The molecule has 210 valence electrons. The van der Waals surface area contributed by atoms with Gasteiger partial charge in [-0.05, 0) is 43.4 Å². The van der Waals surface area contributed by atoms with Crippen molar-refractivity contribution in [3.05, 3.63) is 82.8 Å². The second-order valence-electron chi connectivity index (χ2n) is 10.7. The van der Waals surface area contributed by atoms with Crippen molar-refractivity contribution >= 4 is 11.6 Å². The maximum Gasteiger partial charge on any atom is 0.413 e. The number of benzene rings is 1. The Bertz CT molecular complexity index is 1590. The molecule has 0 N–H and O–H groups in total. The van der Waals surface area contributed by atoms with Gasteiger partial charge in [-0.3, -0.25) is 4.79 Å². The lowest BCUT2D eigenvalue weighted by atomic mass is 9.81. The van der Waals surface area contributed by atoms with E-state index in [2.05, 4.69) is 15.2 Å². The van der Waals surface area contributed by atoms with E-state index in [0.717, 1.165) is 17.2 Å². The molecule has 4 aromatic rings. The third kappa shape index (κ3) is 4.22. The Morgan fingerprint density at radius 1 is 1.12 bits per heavy atom. The zero-order chi connectivity index (χ0) is 28.6. The number of halogens is 6. The second-order valence-corrected chi connectivity index (χ2v) is 10.7. The van der Waals surface area contributed by atoms with Crippen LogP contribution in [0.2, 0.25) is 0 Å². The standard InChI is InChI=1S/C27H24F6N6O/c1-26(19-9-10-38(35-19)25(29)30)12-17(18-13-34-21-11-20(28)36-39(21)23(18)26)14-3-5-15(6-4-14)22(27(31,32)33)37(2)24(40)16-7-8-16/h3-6,9-11,13,16-17,22,25H,7-8,12H2,1-2H3/t17-,22-,26-/m1/s1. The summed E-state index contributed by atoms with van der Waals surface area (Å²) in [5.41, 5.74) is 1.25. The number of nitrogens with zero attached hydrogens (tertiary/aromatic N) is 6. The number of rotatable bonds is 6. The van der Waals surface area contributed by atoms with Crippen molar-refractivity contribution in [3.63, 3.8) is 0 Å². The highest BCUT2D eigenvalue weighted by atomic mass is 19.4. The maximum absolute atomic E-state index is 14.2. The molecule has 3 aromatic heterocycles. The fourth-order valence-electron chi connectivity index (χ4n) is 5.89. The number of carbonyl (C=O) groups is 1. The van der Waals surface area contributed by atoms with Crippen LogP contribution in [0, 0.1) is 11.9 Å². The molecule has 6 rings (SSSR count). The Morgan fingerprint density at radius 2 is 1.82 bits per heavy atom. The summed E-state index contributed by atoms with van der Waals surface area (Å²) in [7, 11) is 1.17. The average Bonchev–Trinajstić information content (AvgIpc) is 3.34. The van der Waals surface area contributed by atoms with Gasteiger partial charge in [-0.15, -0.1) is 5.10 Å². The smallest absolute Gasteiger partial charge is 0.330 e. The molecule has 1 aromatic carbocycles. The molecule has 13 heteroatoms. The first kappa shape index (κ1) is 26.3. The van der Waals surface area contributed by atoms with Crippen LogP contribution in [0.25, 0.3) is 5.65 Å². The van der Waals surface area contributed by atoms with Gasteiger partial charge in [0.15, 0.2) is 11.7 Å². The molecular weight excluding hydrogens is 538 g/mol. The SMILES string of the molecule is CN(C(=O)C1CC1)[C@H](c1ccc([C@H]2C[C@](C)(c3ccn(C(F)F)n3)c3c2cnc2cc(F)nn32)cc1)C(F)(F)F. The van der Waals surface area contributed by atoms with E-state index in [4.69, 9.17) is 0 Å². The summed E-state index contributed by atoms with van der Waals surface area (Å²) < 4.78 is 85.0. The number of aromatic nitrogens is 5. The molecule has 2 aliphatic rings. The fraction of sp³-hybridized carbons (Fsp3) is 0.407. The minimum atomic E-state index is -4.68. The molecule has 40 heavy (non-hydrogen) atoms. The molecule has 0 radical (unpaired) electrons. The van der Waals surface area contributed by atoms with Gasteiger partial charge in [0.25, 0.3) is 0 Å². The van der Waals surface area contributed by atoms with Crippen molar-refractivity contribution in [2.24, 2.45) is 5.92 Å². The Hall–Kier alpha value is -3.90.